The largest absolute Gasteiger partial charge is 0.356 e. The summed E-state index contributed by atoms with van der Waals surface area (Å²) >= 11 is 0. The molecule has 0 radical (unpaired) electrons. The number of carbonyl (C=O) groups is 1. The quantitative estimate of drug-likeness (QED) is 0.478. The minimum absolute atomic E-state index is 0.131. The lowest BCUT2D eigenvalue weighted by molar-refractivity contribution is -0.121. The Morgan fingerprint density at radius 1 is 1.43 bits per heavy atom. The molecular formula is C11H22N2O. The minimum Gasteiger partial charge on any atom is -0.356 e. The third-order valence-electron chi connectivity index (χ3n) is 1.73. The van der Waals surface area contributed by atoms with E-state index in [2.05, 4.69) is 24.5 Å². The van der Waals surface area contributed by atoms with Gasteiger partial charge in [0, 0.05) is 26.1 Å². The van der Waals surface area contributed by atoms with E-state index in [9.17, 15) is 4.79 Å². The Hall–Kier alpha value is -0.830. The predicted octanol–water partition coefficient (Wildman–Crippen LogP) is 1.31. The molecule has 0 heterocycles. The first-order chi connectivity index (χ1) is 6.66. The van der Waals surface area contributed by atoms with E-state index in [1.807, 2.05) is 19.1 Å². The van der Waals surface area contributed by atoms with Crippen LogP contribution in [0.2, 0.25) is 0 Å². The van der Waals surface area contributed by atoms with Gasteiger partial charge in [0.1, 0.15) is 0 Å². The molecule has 0 saturated carbocycles. The van der Waals surface area contributed by atoms with E-state index in [4.69, 9.17) is 0 Å². The van der Waals surface area contributed by atoms with Crippen LogP contribution in [0.3, 0.4) is 0 Å². The third kappa shape index (κ3) is 9.26. The van der Waals surface area contributed by atoms with E-state index in [0.29, 0.717) is 12.3 Å². The van der Waals surface area contributed by atoms with E-state index in [-0.39, 0.29) is 5.91 Å². The molecule has 3 heteroatoms. The van der Waals surface area contributed by atoms with Crippen LogP contribution in [0.25, 0.3) is 0 Å². The minimum atomic E-state index is 0.131. The summed E-state index contributed by atoms with van der Waals surface area (Å²) < 4.78 is 0. The fourth-order valence-corrected chi connectivity index (χ4v) is 0.912. The Balaban J connectivity index is 3.27. The van der Waals surface area contributed by atoms with Gasteiger partial charge in [0.15, 0.2) is 0 Å². The van der Waals surface area contributed by atoms with Crippen molar-refractivity contribution in [2.24, 2.45) is 5.92 Å². The zero-order valence-electron chi connectivity index (χ0n) is 9.47. The lowest BCUT2D eigenvalue weighted by atomic mass is 10.2. The molecule has 82 valence electrons. The summed E-state index contributed by atoms with van der Waals surface area (Å²) in [5.74, 6) is 0.654. The number of hydrogen-bond donors (Lipinski definition) is 2. The molecule has 0 unspecified atom stereocenters. The highest BCUT2D eigenvalue weighted by Gasteiger charge is 2.00. The third-order valence-corrected chi connectivity index (χ3v) is 1.73. The highest BCUT2D eigenvalue weighted by Crippen LogP contribution is 1.87. The van der Waals surface area contributed by atoms with Gasteiger partial charge in [-0.3, -0.25) is 4.79 Å². The molecule has 0 fully saturated rings. The Morgan fingerprint density at radius 3 is 2.71 bits per heavy atom. The van der Waals surface area contributed by atoms with Gasteiger partial charge in [0.05, 0.1) is 0 Å². The first kappa shape index (κ1) is 13.2. The van der Waals surface area contributed by atoms with Crippen LogP contribution in [0.15, 0.2) is 12.2 Å². The van der Waals surface area contributed by atoms with Crippen LogP contribution in [-0.4, -0.2) is 25.5 Å². The van der Waals surface area contributed by atoms with Crippen LogP contribution in [-0.2, 0) is 4.79 Å². The summed E-state index contributed by atoms with van der Waals surface area (Å²) in [6.07, 6.45) is 4.59. The van der Waals surface area contributed by atoms with E-state index in [0.717, 1.165) is 19.6 Å². The van der Waals surface area contributed by atoms with Gasteiger partial charge in [-0.1, -0.05) is 26.0 Å². The van der Waals surface area contributed by atoms with Gasteiger partial charge >= 0.3 is 0 Å². The molecule has 0 aliphatic heterocycles. The van der Waals surface area contributed by atoms with E-state index in [1.54, 1.807) is 0 Å². The normalized spacial score (nSPS) is 11.1. The van der Waals surface area contributed by atoms with E-state index < -0.39 is 0 Å². The zero-order valence-corrected chi connectivity index (χ0v) is 9.47. The number of carbonyl (C=O) groups excluding carboxylic acids is 1. The SMILES string of the molecule is C/C=C/CNCCC(=O)NCC(C)C. The average Bonchev–Trinajstić information content (AvgIpc) is 2.14. The first-order valence-corrected chi connectivity index (χ1v) is 5.25. The van der Waals surface area contributed by atoms with Gasteiger partial charge in [-0.2, -0.15) is 0 Å². The molecule has 0 atom stereocenters. The van der Waals surface area contributed by atoms with Gasteiger partial charge in [-0.05, 0) is 12.8 Å². The van der Waals surface area contributed by atoms with Crippen molar-refractivity contribution in [1.29, 1.82) is 0 Å². The van der Waals surface area contributed by atoms with Crippen molar-refractivity contribution in [1.82, 2.24) is 10.6 Å². The Bertz CT molecular complexity index is 176. The molecule has 0 aromatic heterocycles. The number of rotatable bonds is 7. The number of allylic oxidation sites excluding steroid dienone is 1. The van der Waals surface area contributed by atoms with Crippen LogP contribution in [0, 0.1) is 5.92 Å². The second-order valence-corrected chi connectivity index (χ2v) is 3.72. The summed E-state index contributed by atoms with van der Waals surface area (Å²) in [5, 5.41) is 6.03. The molecule has 14 heavy (non-hydrogen) atoms. The van der Waals surface area contributed by atoms with Crippen molar-refractivity contribution in [3.8, 4) is 0 Å². The molecule has 0 aromatic rings. The molecule has 0 saturated heterocycles. The Labute approximate surface area is 87.0 Å². The standard InChI is InChI=1S/C11H22N2O/c1-4-5-7-12-8-6-11(14)13-9-10(2)3/h4-5,10,12H,6-9H2,1-3H3,(H,13,14)/b5-4+. The predicted molar refractivity (Wildman–Crippen MR) is 60.1 cm³/mol. The maximum absolute atomic E-state index is 11.2. The first-order valence-electron chi connectivity index (χ1n) is 5.25. The summed E-state index contributed by atoms with van der Waals surface area (Å²) in [7, 11) is 0. The summed E-state index contributed by atoms with van der Waals surface area (Å²) in [5.41, 5.74) is 0. The smallest absolute Gasteiger partial charge is 0.221 e. The maximum atomic E-state index is 11.2. The average molecular weight is 198 g/mol. The highest BCUT2D eigenvalue weighted by atomic mass is 16.1. The van der Waals surface area contributed by atoms with Crippen LogP contribution >= 0.6 is 0 Å². The Morgan fingerprint density at radius 2 is 2.14 bits per heavy atom. The van der Waals surface area contributed by atoms with Crippen molar-refractivity contribution >= 4 is 5.91 Å². The molecule has 0 rings (SSSR count). The molecule has 3 nitrogen and oxygen atoms in total. The van der Waals surface area contributed by atoms with Crippen LogP contribution in [0.4, 0.5) is 0 Å². The number of amides is 1. The molecule has 1 amide bonds. The molecule has 0 spiro atoms. The Kier molecular flexibility index (Phi) is 8.24. The summed E-state index contributed by atoms with van der Waals surface area (Å²) in [4.78, 5) is 11.2. The van der Waals surface area contributed by atoms with Gasteiger partial charge in [-0.15, -0.1) is 0 Å². The molecule has 0 aliphatic rings. The van der Waals surface area contributed by atoms with Crippen LogP contribution < -0.4 is 10.6 Å². The summed E-state index contributed by atoms with van der Waals surface area (Å²) in [6, 6.07) is 0. The van der Waals surface area contributed by atoms with Crippen molar-refractivity contribution in [2.75, 3.05) is 19.6 Å². The van der Waals surface area contributed by atoms with Crippen LogP contribution in [0.1, 0.15) is 27.2 Å². The fourth-order valence-electron chi connectivity index (χ4n) is 0.912. The van der Waals surface area contributed by atoms with E-state index in [1.165, 1.54) is 0 Å². The molecule has 2 N–H and O–H groups in total. The lowest BCUT2D eigenvalue weighted by Crippen LogP contribution is -2.30. The molecule has 0 bridgehead atoms. The summed E-state index contributed by atoms with van der Waals surface area (Å²) in [6.45, 7) is 8.52. The topological polar surface area (TPSA) is 41.1 Å². The van der Waals surface area contributed by atoms with Crippen molar-refractivity contribution in [2.45, 2.75) is 27.2 Å². The van der Waals surface area contributed by atoms with Gasteiger partial charge in [0.25, 0.3) is 0 Å². The van der Waals surface area contributed by atoms with Crippen molar-refractivity contribution < 1.29 is 4.79 Å². The van der Waals surface area contributed by atoms with Gasteiger partial charge in [-0.25, -0.2) is 0 Å². The number of nitrogens with one attached hydrogen (secondary N) is 2. The number of hydrogen-bond acceptors (Lipinski definition) is 2. The lowest BCUT2D eigenvalue weighted by Gasteiger charge is -2.07. The van der Waals surface area contributed by atoms with Gasteiger partial charge in [0.2, 0.25) is 5.91 Å². The van der Waals surface area contributed by atoms with E-state index >= 15 is 0 Å². The molecule has 0 aromatic carbocycles. The van der Waals surface area contributed by atoms with Crippen LogP contribution in [0.5, 0.6) is 0 Å². The fraction of sp³-hybridized carbons (Fsp3) is 0.727. The monoisotopic (exact) mass is 198 g/mol. The molecular weight excluding hydrogens is 176 g/mol. The maximum Gasteiger partial charge on any atom is 0.221 e. The second-order valence-electron chi connectivity index (χ2n) is 3.72. The van der Waals surface area contributed by atoms with Crippen molar-refractivity contribution in [3.05, 3.63) is 12.2 Å². The van der Waals surface area contributed by atoms with Gasteiger partial charge < -0.3 is 10.6 Å². The second kappa shape index (κ2) is 8.75. The molecule has 0 aliphatic carbocycles. The van der Waals surface area contributed by atoms with Crippen molar-refractivity contribution in [3.63, 3.8) is 0 Å². The highest BCUT2D eigenvalue weighted by molar-refractivity contribution is 5.76. The zero-order chi connectivity index (χ0) is 10.8.